The van der Waals surface area contributed by atoms with Crippen LogP contribution in [0.2, 0.25) is 0 Å². The van der Waals surface area contributed by atoms with E-state index < -0.39 is 0 Å². The number of carbonyl (C=O) groups is 1. The number of amides is 1. The Kier molecular flexibility index (Phi) is 5.69. The fourth-order valence-electron chi connectivity index (χ4n) is 1.45. The molecule has 0 radical (unpaired) electrons. The highest BCUT2D eigenvalue weighted by Crippen LogP contribution is 1.95. The lowest BCUT2D eigenvalue weighted by molar-refractivity contribution is -0.120. The molecule has 0 spiro atoms. The van der Waals surface area contributed by atoms with Crippen LogP contribution in [0, 0.1) is 0 Å². The zero-order valence-corrected chi connectivity index (χ0v) is 10.9. The summed E-state index contributed by atoms with van der Waals surface area (Å²) in [6.07, 6.45) is 3.61. The van der Waals surface area contributed by atoms with E-state index in [1.54, 1.807) is 6.20 Å². The zero-order chi connectivity index (χ0) is 12.7. The second kappa shape index (κ2) is 7.06. The second-order valence-corrected chi connectivity index (χ2v) is 4.24. The molecule has 1 aromatic rings. The van der Waals surface area contributed by atoms with Crippen molar-refractivity contribution in [3.05, 3.63) is 18.0 Å². The van der Waals surface area contributed by atoms with E-state index in [0.29, 0.717) is 19.1 Å². The zero-order valence-electron chi connectivity index (χ0n) is 10.9. The van der Waals surface area contributed by atoms with Gasteiger partial charge in [0.1, 0.15) is 0 Å². The van der Waals surface area contributed by atoms with Crippen molar-refractivity contribution in [2.24, 2.45) is 7.05 Å². The van der Waals surface area contributed by atoms with Gasteiger partial charge in [0.05, 0.1) is 6.54 Å². The molecule has 0 aliphatic heterocycles. The fourth-order valence-corrected chi connectivity index (χ4v) is 1.45. The summed E-state index contributed by atoms with van der Waals surface area (Å²) >= 11 is 0. The van der Waals surface area contributed by atoms with Crippen LogP contribution in [0.3, 0.4) is 0 Å². The minimum absolute atomic E-state index is 0.0486. The third-order valence-electron chi connectivity index (χ3n) is 2.85. The third-order valence-corrected chi connectivity index (χ3v) is 2.85. The molecule has 0 aromatic carbocycles. The van der Waals surface area contributed by atoms with Crippen LogP contribution in [-0.2, 0) is 18.3 Å². The molecule has 0 bridgehead atoms. The van der Waals surface area contributed by atoms with Crippen LogP contribution in [0.15, 0.2) is 12.3 Å². The Morgan fingerprint density at radius 3 is 2.94 bits per heavy atom. The molecule has 5 heteroatoms. The van der Waals surface area contributed by atoms with Gasteiger partial charge >= 0.3 is 0 Å². The molecule has 0 aliphatic carbocycles. The van der Waals surface area contributed by atoms with E-state index >= 15 is 0 Å². The van der Waals surface area contributed by atoms with Gasteiger partial charge in [-0.3, -0.25) is 9.48 Å². The predicted octanol–water partition coefficient (Wildman–Crippen LogP) is 0.467. The van der Waals surface area contributed by atoms with Crippen molar-refractivity contribution < 1.29 is 4.79 Å². The van der Waals surface area contributed by atoms with Crippen LogP contribution in [0.25, 0.3) is 0 Å². The molecule has 2 N–H and O–H groups in total. The van der Waals surface area contributed by atoms with Gasteiger partial charge in [-0.2, -0.15) is 5.10 Å². The standard InChI is InChI=1S/C12H22N4O/c1-4-10(2)14-9-12(17)13-7-5-11-6-8-15-16(11)3/h6,8,10,14H,4-5,7,9H2,1-3H3,(H,13,17). The molecule has 5 nitrogen and oxygen atoms in total. The summed E-state index contributed by atoms with van der Waals surface area (Å²) in [5.41, 5.74) is 1.13. The van der Waals surface area contributed by atoms with E-state index in [9.17, 15) is 4.79 Å². The van der Waals surface area contributed by atoms with Crippen LogP contribution < -0.4 is 10.6 Å². The lowest BCUT2D eigenvalue weighted by Gasteiger charge is -2.11. The molecule has 0 aliphatic rings. The topological polar surface area (TPSA) is 59.0 Å². The summed E-state index contributed by atoms with van der Waals surface area (Å²) in [5, 5.41) is 10.1. The number of aryl methyl sites for hydroxylation is 1. The third kappa shape index (κ3) is 4.99. The predicted molar refractivity (Wildman–Crippen MR) is 67.7 cm³/mol. The lowest BCUT2D eigenvalue weighted by atomic mass is 10.2. The second-order valence-electron chi connectivity index (χ2n) is 4.24. The first kappa shape index (κ1) is 13.7. The molecule has 0 saturated heterocycles. The molecule has 1 atom stereocenters. The molecule has 1 heterocycles. The van der Waals surface area contributed by atoms with Gasteiger partial charge in [0.25, 0.3) is 0 Å². The molecule has 1 unspecified atom stereocenters. The molecular formula is C12H22N4O. The number of nitrogens with zero attached hydrogens (tertiary/aromatic N) is 2. The molecule has 1 amide bonds. The number of hydrogen-bond acceptors (Lipinski definition) is 3. The van der Waals surface area contributed by atoms with Crippen molar-refractivity contribution in [3.8, 4) is 0 Å². The highest BCUT2D eigenvalue weighted by molar-refractivity contribution is 5.77. The lowest BCUT2D eigenvalue weighted by Crippen LogP contribution is -2.38. The van der Waals surface area contributed by atoms with Crippen molar-refractivity contribution in [1.29, 1.82) is 0 Å². The molecule has 1 aromatic heterocycles. The number of hydrogen-bond donors (Lipinski definition) is 2. The Bertz CT molecular complexity index is 348. The van der Waals surface area contributed by atoms with E-state index in [2.05, 4.69) is 29.6 Å². The van der Waals surface area contributed by atoms with Crippen molar-refractivity contribution in [2.45, 2.75) is 32.7 Å². The summed E-state index contributed by atoms with van der Waals surface area (Å²) < 4.78 is 1.82. The van der Waals surface area contributed by atoms with Crippen molar-refractivity contribution in [1.82, 2.24) is 20.4 Å². The van der Waals surface area contributed by atoms with Crippen LogP contribution >= 0.6 is 0 Å². The van der Waals surface area contributed by atoms with Gasteiger partial charge in [0, 0.05) is 37.9 Å². The van der Waals surface area contributed by atoms with Gasteiger partial charge in [-0.15, -0.1) is 0 Å². The normalized spacial score (nSPS) is 12.4. The summed E-state index contributed by atoms with van der Waals surface area (Å²) in [4.78, 5) is 11.5. The Morgan fingerprint density at radius 1 is 1.59 bits per heavy atom. The van der Waals surface area contributed by atoms with Gasteiger partial charge in [-0.05, 0) is 19.4 Å². The molecule has 0 saturated carbocycles. The first-order chi connectivity index (χ1) is 8.13. The molecular weight excluding hydrogens is 216 g/mol. The van der Waals surface area contributed by atoms with Gasteiger partial charge < -0.3 is 10.6 Å². The highest BCUT2D eigenvalue weighted by Gasteiger charge is 2.04. The number of aromatic nitrogens is 2. The maximum atomic E-state index is 11.5. The number of nitrogens with one attached hydrogen (secondary N) is 2. The Balaban J connectivity index is 2.14. The summed E-state index contributed by atoms with van der Waals surface area (Å²) in [6.45, 7) is 5.21. The van der Waals surface area contributed by atoms with Crippen molar-refractivity contribution in [2.75, 3.05) is 13.1 Å². The van der Waals surface area contributed by atoms with E-state index in [4.69, 9.17) is 0 Å². The molecule has 96 valence electrons. The minimum atomic E-state index is 0.0486. The van der Waals surface area contributed by atoms with E-state index in [1.165, 1.54) is 0 Å². The van der Waals surface area contributed by atoms with Crippen molar-refractivity contribution in [3.63, 3.8) is 0 Å². The Hall–Kier alpha value is -1.36. The Morgan fingerprint density at radius 2 is 2.35 bits per heavy atom. The highest BCUT2D eigenvalue weighted by atomic mass is 16.1. The van der Waals surface area contributed by atoms with E-state index in [1.807, 2.05) is 17.8 Å². The van der Waals surface area contributed by atoms with E-state index in [0.717, 1.165) is 18.5 Å². The van der Waals surface area contributed by atoms with Crippen LogP contribution in [0.5, 0.6) is 0 Å². The number of rotatable bonds is 7. The Labute approximate surface area is 103 Å². The van der Waals surface area contributed by atoms with Crippen LogP contribution in [-0.4, -0.2) is 34.8 Å². The maximum Gasteiger partial charge on any atom is 0.233 e. The molecule has 1 rings (SSSR count). The first-order valence-corrected chi connectivity index (χ1v) is 6.10. The molecule has 17 heavy (non-hydrogen) atoms. The fraction of sp³-hybridized carbons (Fsp3) is 0.667. The smallest absolute Gasteiger partial charge is 0.233 e. The quantitative estimate of drug-likeness (QED) is 0.726. The summed E-state index contributed by atoms with van der Waals surface area (Å²) in [5.74, 6) is 0.0486. The van der Waals surface area contributed by atoms with Crippen molar-refractivity contribution >= 4 is 5.91 Å². The van der Waals surface area contributed by atoms with Crippen LogP contribution in [0.4, 0.5) is 0 Å². The van der Waals surface area contributed by atoms with Crippen LogP contribution in [0.1, 0.15) is 26.0 Å². The SMILES string of the molecule is CCC(C)NCC(=O)NCCc1ccnn1C. The summed E-state index contributed by atoms with van der Waals surface area (Å²) in [6, 6.07) is 2.35. The van der Waals surface area contributed by atoms with Gasteiger partial charge in [0.2, 0.25) is 5.91 Å². The van der Waals surface area contributed by atoms with Gasteiger partial charge in [-0.25, -0.2) is 0 Å². The number of carbonyl (C=O) groups excluding carboxylic acids is 1. The maximum absolute atomic E-state index is 11.5. The average Bonchev–Trinajstić information content (AvgIpc) is 2.72. The average molecular weight is 238 g/mol. The van der Waals surface area contributed by atoms with Gasteiger partial charge in [-0.1, -0.05) is 6.92 Å². The minimum Gasteiger partial charge on any atom is -0.355 e. The monoisotopic (exact) mass is 238 g/mol. The summed E-state index contributed by atoms with van der Waals surface area (Å²) in [7, 11) is 1.90. The largest absolute Gasteiger partial charge is 0.355 e. The molecule has 0 fully saturated rings. The van der Waals surface area contributed by atoms with E-state index in [-0.39, 0.29) is 5.91 Å². The van der Waals surface area contributed by atoms with Gasteiger partial charge in [0.15, 0.2) is 0 Å². The first-order valence-electron chi connectivity index (χ1n) is 6.10.